The van der Waals surface area contributed by atoms with Crippen LogP contribution in [0.25, 0.3) is 0 Å². The maximum atomic E-state index is 12.9. The average molecular weight is 356 g/mol. The molecule has 1 aromatic rings. The van der Waals surface area contributed by atoms with Gasteiger partial charge in [-0.1, -0.05) is 6.42 Å². The molecule has 2 rings (SSSR count). The largest absolute Gasteiger partial charge is 0.391 e. The highest BCUT2D eigenvalue weighted by atomic mass is 19.4. The van der Waals surface area contributed by atoms with E-state index >= 15 is 0 Å². The first-order valence-corrected chi connectivity index (χ1v) is 8.91. The van der Waals surface area contributed by atoms with E-state index in [1.54, 1.807) is 6.20 Å². The lowest BCUT2D eigenvalue weighted by Crippen LogP contribution is -2.46. The zero-order chi connectivity index (χ0) is 18.3. The van der Waals surface area contributed by atoms with Crippen LogP contribution in [0.1, 0.15) is 43.7 Å². The minimum Gasteiger partial charge on any atom is -0.357 e. The molecule has 140 valence electrons. The Bertz CT molecular complexity index is 572. The third-order valence-corrected chi connectivity index (χ3v) is 4.61. The van der Waals surface area contributed by atoms with E-state index in [0.29, 0.717) is 25.5 Å². The standard InChI is InChI=1S/C18H27F3N4/c1-3-23-17(24-10-8-14-7-9-22-12-13(14)2)25-16-6-4-5-15(11-16)18(19,20)21/h7,9,12,15-16H,3-6,8,10-11H2,1-2H3,(H2,23,24,25). The Morgan fingerprint density at radius 3 is 2.84 bits per heavy atom. The summed E-state index contributed by atoms with van der Waals surface area (Å²) in [5.74, 6) is -0.608. The van der Waals surface area contributed by atoms with Gasteiger partial charge in [0.05, 0.1) is 5.92 Å². The van der Waals surface area contributed by atoms with Gasteiger partial charge in [0.1, 0.15) is 0 Å². The topological polar surface area (TPSA) is 49.3 Å². The third-order valence-electron chi connectivity index (χ3n) is 4.61. The van der Waals surface area contributed by atoms with E-state index in [4.69, 9.17) is 0 Å². The van der Waals surface area contributed by atoms with Crippen LogP contribution in [0.15, 0.2) is 23.5 Å². The molecule has 1 fully saturated rings. The molecule has 25 heavy (non-hydrogen) atoms. The molecule has 0 amide bonds. The lowest BCUT2D eigenvalue weighted by Gasteiger charge is -2.31. The van der Waals surface area contributed by atoms with Crippen LogP contribution >= 0.6 is 0 Å². The number of halogens is 3. The number of rotatable bonds is 5. The van der Waals surface area contributed by atoms with Gasteiger partial charge in [-0.15, -0.1) is 0 Å². The lowest BCUT2D eigenvalue weighted by molar-refractivity contribution is -0.183. The van der Waals surface area contributed by atoms with Gasteiger partial charge in [0, 0.05) is 31.5 Å². The first-order chi connectivity index (χ1) is 11.9. The van der Waals surface area contributed by atoms with Crippen molar-refractivity contribution in [2.75, 3.05) is 13.1 Å². The maximum absolute atomic E-state index is 12.9. The molecule has 0 bridgehead atoms. The fourth-order valence-corrected chi connectivity index (χ4v) is 3.20. The second-order valence-electron chi connectivity index (χ2n) is 6.56. The summed E-state index contributed by atoms with van der Waals surface area (Å²) in [6, 6.07) is 1.79. The normalized spacial score (nSPS) is 21.9. The van der Waals surface area contributed by atoms with Crippen molar-refractivity contribution in [1.82, 2.24) is 15.6 Å². The fourth-order valence-electron chi connectivity index (χ4n) is 3.20. The zero-order valence-corrected chi connectivity index (χ0v) is 14.9. The van der Waals surface area contributed by atoms with Crippen molar-refractivity contribution < 1.29 is 13.2 Å². The Kier molecular flexibility index (Phi) is 7.08. The van der Waals surface area contributed by atoms with Crippen LogP contribution in [-0.2, 0) is 6.42 Å². The van der Waals surface area contributed by atoms with Crippen molar-refractivity contribution in [2.45, 2.75) is 58.2 Å². The van der Waals surface area contributed by atoms with Crippen molar-refractivity contribution in [2.24, 2.45) is 10.9 Å². The molecule has 1 aliphatic carbocycles. The smallest absolute Gasteiger partial charge is 0.357 e. The van der Waals surface area contributed by atoms with Crippen molar-refractivity contribution in [3.05, 3.63) is 29.6 Å². The number of hydrogen-bond acceptors (Lipinski definition) is 2. The Morgan fingerprint density at radius 2 is 2.16 bits per heavy atom. The van der Waals surface area contributed by atoms with Crippen molar-refractivity contribution in [1.29, 1.82) is 0 Å². The Balaban J connectivity index is 1.92. The Labute approximate surface area is 147 Å². The van der Waals surface area contributed by atoms with Crippen molar-refractivity contribution in [3.63, 3.8) is 0 Å². The van der Waals surface area contributed by atoms with Crippen LogP contribution in [0.5, 0.6) is 0 Å². The molecular formula is C18H27F3N4. The van der Waals surface area contributed by atoms with Gasteiger partial charge in [0.2, 0.25) is 0 Å². The van der Waals surface area contributed by atoms with E-state index in [-0.39, 0.29) is 18.9 Å². The summed E-state index contributed by atoms with van der Waals surface area (Å²) in [6.07, 6.45) is 1.96. The minimum absolute atomic E-state index is 0.122. The number of nitrogens with one attached hydrogen (secondary N) is 2. The van der Waals surface area contributed by atoms with E-state index in [1.165, 1.54) is 5.56 Å². The molecule has 7 heteroatoms. The van der Waals surface area contributed by atoms with Gasteiger partial charge in [-0.3, -0.25) is 9.98 Å². The first kappa shape index (κ1) is 19.5. The summed E-state index contributed by atoms with van der Waals surface area (Å²) in [6.45, 7) is 5.21. The van der Waals surface area contributed by atoms with Crippen LogP contribution in [0.3, 0.4) is 0 Å². The third kappa shape index (κ3) is 6.21. The lowest BCUT2D eigenvalue weighted by atomic mass is 9.85. The van der Waals surface area contributed by atoms with E-state index in [2.05, 4.69) is 20.6 Å². The van der Waals surface area contributed by atoms with Gasteiger partial charge >= 0.3 is 6.18 Å². The number of alkyl halides is 3. The van der Waals surface area contributed by atoms with Crippen molar-refractivity contribution >= 4 is 5.96 Å². The minimum atomic E-state index is -4.10. The predicted molar refractivity (Wildman–Crippen MR) is 93.6 cm³/mol. The highest BCUT2D eigenvalue weighted by molar-refractivity contribution is 5.80. The van der Waals surface area contributed by atoms with E-state index in [0.717, 1.165) is 18.4 Å². The number of hydrogen-bond donors (Lipinski definition) is 2. The van der Waals surface area contributed by atoms with Gasteiger partial charge in [-0.25, -0.2) is 0 Å². The van der Waals surface area contributed by atoms with E-state index < -0.39 is 12.1 Å². The Morgan fingerprint density at radius 1 is 1.36 bits per heavy atom. The number of guanidine groups is 1. The highest BCUT2D eigenvalue weighted by Gasteiger charge is 2.42. The zero-order valence-electron chi connectivity index (χ0n) is 14.9. The summed E-state index contributed by atoms with van der Waals surface area (Å²) in [5, 5.41) is 6.32. The number of aryl methyl sites for hydroxylation is 1. The molecule has 2 N–H and O–H groups in total. The van der Waals surface area contributed by atoms with Crippen LogP contribution in [0.4, 0.5) is 13.2 Å². The van der Waals surface area contributed by atoms with Gasteiger partial charge in [0.15, 0.2) is 5.96 Å². The molecule has 1 heterocycles. The number of aromatic nitrogens is 1. The predicted octanol–water partition coefficient (Wildman–Crippen LogP) is 3.61. The quantitative estimate of drug-likeness (QED) is 0.626. The highest BCUT2D eigenvalue weighted by Crippen LogP contribution is 2.37. The Hall–Kier alpha value is -1.79. The summed E-state index contributed by atoms with van der Waals surface area (Å²) < 4.78 is 38.8. The second-order valence-corrected chi connectivity index (χ2v) is 6.56. The van der Waals surface area contributed by atoms with Crippen LogP contribution in [0, 0.1) is 12.8 Å². The molecule has 0 aliphatic heterocycles. The summed E-state index contributed by atoms with van der Waals surface area (Å²) >= 11 is 0. The molecule has 0 saturated heterocycles. The SMILES string of the molecule is CCNC(=NCCc1ccncc1C)NC1CCCC(C(F)(F)F)C1. The molecule has 1 aromatic heterocycles. The maximum Gasteiger partial charge on any atom is 0.391 e. The average Bonchev–Trinajstić information content (AvgIpc) is 2.56. The van der Waals surface area contributed by atoms with Gasteiger partial charge in [0.25, 0.3) is 0 Å². The number of aliphatic imine (C=N–C) groups is 1. The van der Waals surface area contributed by atoms with E-state index in [9.17, 15) is 13.2 Å². The van der Waals surface area contributed by atoms with Crippen LogP contribution in [0.2, 0.25) is 0 Å². The van der Waals surface area contributed by atoms with Gasteiger partial charge in [-0.05, 0) is 56.7 Å². The molecule has 0 aromatic carbocycles. The second kappa shape index (κ2) is 9.06. The monoisotopic (exact) mass is 356 g/mol. The number of nitrogens with zero attached hydrogens (tertiary/aromatic N) is 2. The van der Waals surface area contributed by atoms with Gasteiger partial charge < -0.3 is 10.6 Å². The molecule has 0 spiro atoms. The van der Waals surface area contributed by atoms with Crippen LogP contribution in [-0.4, -0.2) is 36.3 Å². The fraction of sp³-hybridized carbons (Fsp3) is 0.667. The molecule has 2 unspecified atom stereocenters. The molecule has 1 saturated carbocycles. The summed E-state index contributed by atoms with van der Waals surface area (Å²) in [5.41, 5.74) is 2.31. The summed E-state index contributed by atoms with van der Waals surface area (Å²) in [7, 11) is 0. The number of pyridine rings is 1. The molecule has 1 aliphatic rings. The molecule has 2 atom stereocenters. The van der Waals surface area contributed by atoms with Crippen LogP contribution < -0.4 is 10.6 Å². The molecule has 0 radical (unpaired) electrons. The summed E-state index contributed by atoms with van der Waals surface area (Å²) in [4.78, 5) is 8.59. The molecule has 4 nitrogen and oxygen atoms in total. The van der Waals surface area contributed by atoms with Crippen molar-refractivity contribution in [3.8, 4) is 0 Å². The molecular weight excluding hydrogens is 329 g/mol. The van der Waals surface area contributed by atoms with Gasteiger partial charge in [-0.2, -0.15) is 13.2 Å². The van der Waals surface area contributed by atoms with E-state index in [1.807, 2.05) is 26.1 Å². The first-order valence-electron chi connectivity index (χ1n) is 8.91.